The third-order valence-corrected chi connectivity index (χ3v) is 5.23. The van der Waals surface area contributed by atoms with Gasteiger partial charge in [-0.15, -0.1) is 5.10 Å². The lowest BCUT2D eigenvalue weighted by Crippen LogP contribution is -2.49. The fourth-order valence-electron chi connectivity index (χ4n) is 2.91. The molecule has 2 heterocycles. The first-order valence-corrected chi connectivity index (χ1v) is 9.20. The molecule has 6 nitrogen and oxygen atoms in total. The third kappa shape index (κ3) is 4.15. The molecule has 0 unspecified atom stereocenters. The number of H-pyrrole nitrogens is 1. The standard InChI is InChI=1S/C17H23N5OS/c1-13(15-6-4-3-5-7-15)21-8-10-22(11-9-21)16(23)12-24-17-18-14(2)19-20-17/h3-7,13H,8-12H2,1-2H3,(H,18,19,20)/t13-/m0/s1. The number of aromatic nitrogens is 3. The summed E-state index contributed by atoms with van der Waals surface area (Å²) >= 11 is 1.39. The second kappa shape index (κ2) is 7.81. The van der Waals surface area contributed by atoms with Crippen molar-refractivity contribution < 1.29 is 4.79 Å². The summed E-state index contributed by atoms with van der Waals surface area (Å²) in [6.07, 6.45) is 0. The molecule has 1 aliphatic heterocycles. The second-order valence-electron chi connectivity index (χ2n) is 6.00. The number of nitrogens with one attached hydrogen (secondary N) is 1. The molecule has 3 rings (SSSR count). The van der Waals surface area contributed by atoms with E-state index in [9.17, 15) is 4.79 Å². The van der Waals surface area contributed by atoms with Crippen molar-refractivity contribution in [1.82, 2.24) is 25.0 Å². The Labute approximate surface area is 146 Å². The van der Waals surface area contributed by atoms with Crippen molar-refractivity contribution in [1.29, 1.82) is 0 Å². The van der Waals surface area contributed by atoms with Crippen LogP contribution in [0.2, 0.25) is 0 Å². The van der Waals surface area contributed by atoms with E-state index in [1.54, 1.807) is 0 Å². The molecule has 1 aliphatic rings. The fraction of sp³-hybridized carbons (Fsp3) is 0.471. The van der Waals surface area contributed by atoms with E-state index in [1.807, 2.05) is 17.9 Å². The van der Waals surface area contributed by atoms with E-state index >= 15 is 0 Å². The summed E-state index contributed by atoms with van der Waals surface area (Å²) in [4.78, 5) is 20.9. The molecule has 0 saturated carbocycles. The van der Waals surface area contributed by atoms with Gasteiger partial charge in [-0.25, -0.2) is 4.98 Å². The lowest BCUT2D eigenvalue weighted by molar-refractivity contribution is -0.130. The van der Waals surface area contributed by atoms with Gasteiger partial charge in [0.25, 0.3) is 0 Å². The van der Waals surface area contributed by atoms with Gasteiger partial charge in [-0.05, 0) is 19.4 Å². The van der Waals surface area contributed by atoms with Gasteiger partial charge in [0, 0.05) is 32.2 Å². The minimum Gasteiger partial charge on any atom is -0.339 e. The average molecular weight is 345 g/mol. The minimum atomic E-state index is 0.162. The molecule has 2 aromatic rings. The lowest BCUT2D eigenvalue weighted by Gasteiger charge is -2.38. The van der Waals surface area contributed by atoms with Gasteiger partial charge in [0.15, 0.2) is 0 Å². The van der Waals surface area contributed by atoms with Crippen molar-refractivity contribution in [2.45, 2.75) is 25.0 Å². The number of carbonyl (C=O) groups excluding carboxylic acids is 1. The summed E-state index contributed by atoms with van der Waals surface area (Å²) < 4.78 is 0. The number of aromatic amines is 1. The highest BCUT2D eigenvalue weighted by atomic mass is 32.2. The summed E-state index contributed by atoms with van der Waals surface area (Å²) in [5, 5.41) is 7.48. The van der Waals surface area contributed by atoms with Gasteiger partial charge in [-0.3, -0.25) is 14.8 Å². The number of benzene rings is 1. The zero-order chi connectivity index (χ0) is 16.9. The molecule has 7 heteroatoms. The van der Waals surface area contributed by atoms with E-state index in [0.29, 0.717) is 17.0 Å². The van der Waals surface area contributed by atoms with Crippen LogP contribution >= 0.6 is 11.8 Å². The number of hydrogen-bond donors (Lipinski definition) is 1. The van der Waals surface area contributed by atoms with Gasteiger partial charge in [-0.1, -0.05) is 42.1 Å². The quantitative estimate of drug-likeness (QED) is 0.841. The SMILES string of the molecule is Cc1nc(SCC(=O)N2CCN([C@@H](C)c3ccccc3)CC2)n[nH]1. The van der Waals surface area contributed by atoms with Gasteiger partial charge in [0.1, 0.15) is 5.82 Å². The van der Waals surface area contributed by atoms with E-state index in [-0.39, 0.29) is 5.91 Å². The molecular weight excluding hydrogens is 322 g/mol. The molecule has 24 heavy (non-hydrogen) atoms. The zero-order valence-electron chi connectivity index (χ0n) is 14.1. The number of nitrogens with zero attached hydrogens (tertiary/aromatic N) is 4. The summed E-state index contributed by atoms with van der Waals surface area (Å²) in [7, 11) is 0. The molecule has 128 valence electrons. The van der Waals surface area contributed by atoms with Crippen molar-refractivity contribution >= 4 is 17.7 Å². The molecule has 0 spiro atoms. The third-order valence-electron chi connectivity index (χ3n) is 4.40. The van der Waals surface area contributed by atoms with Crippen LogP contribution in [-0.4, -0.2) is 62.8 Å². The molecule has 1 aromatic heterocycles. The number of hydrogen-bond acceptors (Lipinski definition) is 5. The number of piperazine rings is 1. The Morgan fingerprint density at radius 1 is 1.25 bits per heavy atom. The first-order chi connectivity index (χ1) is 11.6. The van der Waals surface area contributed by atoms with Crippen molar-refractivity contribution in [3.63, 3.8) is 0 Å². The van der Waals surface area contributed by atoms with Crippen molar-refractivity contribution in [2.24, 2.45) is 0 Å². The topological polar surface area (TPSA) is 65.1 Å². The Balaban J connectivity index is 1.47. The maximum absolute atomic E-state index is 12.3. The number of rotatable bonds is 5. The second-order valence-corrected chi connectivity index (χ2v) is 6.94. The van der Waals surface area contributed by atoms with Crippen LogP contribution in [0.1, 0.15) is 24.4 Å². The van der Waals surface area contributed by atoms with E-state index in [4.69, 9.17) is 0 Å². The Hall–Kier alpha value is -1.86. The summed E-state index contributed by atoms with van der Waals surface area (Å²) in [6, 6.07) is 10.9. The first kappa shape index (κ1) is 17.0. The van der Waals surface area contributed by atoms with Crippen LogP contribution in [0, 0.1) is 6.92 Å². The predicted octanol–water partition coefficient (Wildman–Crippen LogP) is 2.11. The van der Waals surface area contributed by atoms with E-state index in [0.717, 1.165) is 32.0 Å². The molecule has 1 amide bonds. The van der Waals surface area contributed by atoms with E-state index in [1.165, 1.54) is 17.3 Å². The van der Waals surface area contributed by atoms with Crippen LogP contribution in [0.3, 0.4) is 0 Å². The van der Waals surface area contributed by atoms with Crippen LogP contribution in [0.4, 0.5) is 0 Å². The van der Waals surface area contributed by atoms with Crippen LogP contribution < -0.4 is 0 Å². The largest absolute Gasteiger partial charge is 0.339 e. The Morgan fingerprint density at radius 2 is 1.96 bits per heavy atom. The Morgan fingerprint density at radius 3 is 2.58 bits per heavy atom. The Bertz CT molecular complexity index is 667. The van der Waals surface area contributed by atoms with Crippen LogP contribution in [-0.2, 0) is 4.79 Å². The smallest absolute Gasteiger partial charge is 0.233 e. The maximum atomic E-state index is 12.3. The molecule has 1 aromatic carbocycles. The highest BCUT2D eigenvalue weighted by molar-refractivity contribution is 7.99. The van der Waals surface area contributed by atoms with Gasteiger partial charge in [-0.2, -0.15) is 0 Å². The fourth-order valence-corrected chi connectivity index (χ4v) is 3.65. The van der Waals surface area contributed by atoms with Crippen molar-refractivity contribution in [3.05, 3.63) is 41.7 Å². The number of thioether (sulfide) groups is 1. The van der Waals surface area contributed by atoms with Crippen LogP contribution in [0.15, 0.2) is 35.5 Å². The molecule has 0 radical (unpaired) electrons. The van der Waals surface area contributed by atoms with Gasteiger partial charge in [0.05, 0.1) is 5.75 Å². The zero-order valence-corrected chi connectivity index (χ0v) is 14.9. The van der Waals surface area contributed by atoms with Gasteiger partial charge < -0.3 is 4.90 Å². The maximum Gasteiger partial charge on any atom is 0.233 e. The number of aryl methyl sites for hydroxylation is 1. The monoisotopic (exact) mass is 345 g/mol. The highest BCUT2D eigenvalue weighted by Crippen LogP contribution is 2.21. The summed E-state index contributed by atoms with van der Waals surface area (Å²) in [5.74, 6) is 1.33. The first-order valence-electron chi connectivity index (χ1n) is 8.22. The molecule has 1 saturated heterocycles. The molecule has 0 bridgehead atoms. The Kier molecular flexibility index (Phi) is 5.52. The molecular formula is C17H23N5OS. The van der Waals surface area contributed by atoms with Gasteiger partial charge >= 0.3 is 0 Å². The van der Waals surface area contributed by atoms with E-state index in [2.05, 4.69) is 51.3 Å². The molecule has 1 atom stereocenters. The van der Waals surface area contributed by atoms with Crippen LogP contribution in [0.25, 0.3) is 0 Å². The summed E-state index contributed by atoms with van der Waals surface area (Å²) in [5.41, 5.74) is 1.33. The number of carbonyl (C=O) groups is 1. The minimum absolute atomic E-state index is 0.162. The molecule has 0 aliphatic carbocycles. The predicted molar refractivity (Wildman–Crippen MR) is 94.9 cm³/mol. The summed E-state index contributed by atoms with van der Waals surface area (Å²) in [6.45, 7) is 7.46. The normalized spacial score (nSPS) is 17.0. The molecule has 1 N–H and O–H groups in total. The van der Waals surface area contributed by atoms with Crippen LogP contribution in [0.5, 0.6) is 0 Å². The van der Waals surface area contributed by atoms with E-state index < -0.39 is 0 Å². The highest BCUT2D eigenvalue weighted by Gasteiger charge is 2.24. The number of amides is 1. The van der Waals surface area contributed by atoms with Crippen molar-refractivity contribution in [2.75, 3.05) is 31.9 Å². The molecule has 1 fully saturated rings. The lowest BCUT2D eigenvalue weighted by atomic mass is 10.1. The average Bonchev–Trinajstić information content (AvgIpc) is 3.05. The van der Waals surface area contributed by atoms with Gasteiger partial charge in [0.2, 0.25) is 11.1 Å². The van der Waals surface area contributed by atoms with Crippen molar-refractivity contribution in [3.8, 4) is 0 Å².